The number of nitrogen functional groups attached to an aromatic ring is 1. The van der Waals surface area contributed by atoms with Crippen molar-refractivity contribution in [1.29, 1.82) is 0 Å². The fourth-order valence-electron chi connectivity index (χ4n) is 2.97. The van der Waals surface area contributed by atoms with Crippen molar-refractivity contribution >= 4 is 10.8 Å². The number of hydrogen-bond acceptors (Lipinski definition) is 3. The van der Waals surface area contributed by atoms with Crippen LogP contribution in [0.4, 0.5) is 4.39 Å². The van der Waals surface area contributed by atoms with E-state index >= 15 is 0 Å². The quantitative estimate of drug-likeness (QED) is 0.571. The summed E-state index contributed by atoms with van der Waals surface area (Å²) in [4.78, 5) is 17.0. The third kappa shape index (κ3) is 2.55. The van der Waals surface area contributed by atoms with Gasteiger partial charge >= 0.3 is 0 Å². The Kier molecular flexibility index (Phi) is 3.54. The number of fused-ring (bicyclic) bond motifs is 1. The van der Waals surface area contributed by atoms with Crippen LogP contribution in [0.2, 0.25) is 0 Å². The van der Waals surface area contributed by atoms with Gasteiger partial charge in [0.25, 0.3) is 5.56 Å². The maximum Gasteiger partial charge on any atom is 0.278 e. The van der Waals surface area contributed by atoms with Crippen LogP contribution in [0.3, 0.4) is 0 Å². The maximum absolute atomic E-state index is 13.3. The Morgan fingerprint density at radius 1 is 0.920 bits per heavy atom. The number of rotatable bonds is 2. The maximum atomic E-state index is 13.3. The number of nitrogens with zero attached hydrogens (tertiary/aromatic N) is 2. The van der Waals surface area contributed by atoms with Crippen LogP contribution in [0.5, 0.6) is 0 Å². The van der Waals surface area contributed by atoms with Crippen LogP contribution in [0.1, 0.15) is 0 Å². The topological polar surface area (TPSA) is 60.9 Å². The summed E-state index contributed by atoms with van der Waals surface area (Å²) in [5.41, 5.74) is 2.76. The summed E-state index contributed by atoms with van der Waals surface area (Å²) in [6, 6.07) is 17.4. The lowest BCUT2D eigenvalue weighted by atomic mass is 9.95. The van der Waals surface area contributed by atoms with Crippen LogP contribution in [0.15, 0.2) is 77.9 Å². The summed E-state index contributed by atoms with van der Waals surface area (Å²) in [6.07, 6.45) is 3.19. The van der Waals surface area contributed by atoms with Gasteiger partial charge in [-0.2, -0.15) is 0 Å². The molecule has 4 rings (SSSR count). The van der Waals surface area contributed by atoms with E-state index in [4.69, 9.17) is 5.84 Å². The van der Waals surface area contributed by atoms with Crippen LogP contribution in [0.25, 0.3) is 33.2 Å². The molecule has 2 aromatic carbocycles. The molecule has 0 amide bonds. The molecule has 0 fully saturated rings. The zero-order valence-electron chi connectivity index (χ0n) is 13.2. The standard InChI is InChI=1S/C20H14FN3O/c21-15-7-5-13(6-8-15)16-3-1-2-4-17(16)19-18-14(9-11-23-19)10-12-24(22)20(18)25/h1-12H,22H2. The van der Waals surface area contributed by atoms with E-state index in [0.29, 0.717) is 11.1 Å². The average molecular weight is 331 g/mol. The molecule has 122 valence electrons. The molecule has 2 N–H and O–H groups in total. The highest BCUT2D eigenvalue weighted by atomic mass is 19.1. The third-order valence-corrected chi connectivity index (χ3v) is 4.18. The van der Waals surface area contributed by atoms with Crippen molar-refractivity contribution in [3.05, 3.63) is 89.2 Å². The van der Waals surface area contributed by atoms with E-state index in [0.717, 1.165) is 26.8 Å². The SMILES string of the molecule is Nn1ccc2ccnc(-c3ccccc3-c3ccc(F)cc3)c2c1=O. The van der Waals surface area contributed by atoms with Crippen LogP contribution in [-0.2, 0) is 0 Å². The second-order valence-electron chi connectivity index (χ2n) is 5.70. The Labute approximate surface area is 143 Å². The van der Waals surface area contributed by atoms with Gasteiger partial charge in [-0.15, -0.1) is 0 Å². The Morgan fingerprint density at radius 3 is 2.40 bits per heavy atom. The smallest absolute Gasteiger partial charge is 0.278 e. The lowest BCUT2D eigenvalue weighted by Gasteiger charge is -2.12. The normalized spacial score (nSPS) is 10.9. The number of hydrogen-bond donors (Lipinski definition) is 1. The summed E-state index contributed by atoms with van der Waals surface area (Å²) in [6.45, 7) is 0. The first kappa shape index (κ1) is 15.1. The highest BCUT2D eigenvalue weighted by molar-refractivity contribution is 5.97. The van der Waals surface area contributed by atoms with Gasteiger partial charge in [-0.25, -0.2) is 9.07 Å². The van der Waals surface area contributed by atoms with Crippen molar-refractivity contribution in [3.8, 4) is 22.4 Å². The lowest BCUT2D eigenvalue weighted by molar-refractivity contribution is 0.628. The first-order valence-corrected chi connectivity index (χ1v) is 7.76. The molecule has 0 spiro atoms. The molecule has 0 bridgehead atoms. The van der Waals surface area contributed by atoms with E-state index in [9.17, 15) is 9.18 Å². The molecular formula is C20H14FN3O. The number of aromatic nitrogens is 2. The van der Waals surface area contributed by atoms with Gasteiger partial charge in [0.05, 0.1) is 11.1 Å². The highest BCUT2D eigenvalue weighted by Gasteiger charge is 2.14. The molecule has 0 aliphatic rings. The van der Waals surface area contributed by atoms with Crippen LogP contribution < -0.4 is 11.4 Å². The molecule has 0 aliphatic heterocycles. The number of pyridine rings is 2. The van der Waals surface area contributed by atoms with E-state index in [2.05, 4.69) is 4.98 Å². The van der Waals surface area contributed by atoms with Gasteiger partial charge in [0.15, 0.2) is 0 Å². The van der Waals surface area contributed by atoms with Gasteiger partial charge in [0.2, 0.25) is 0 Å². The van der Waals surface area contributed by atoms with E-state index in [1.165, 1.54) is 18.3 Å². The molecule has 4 nitrogen and oxygen atoms in total. The third-order valence-electron chi connectivity index (χ3n) is 4.18. The molecule has 0 saturated heterocycles. The molecule has 2 aromatic heterocycles. The van der Waals surface area contributed by atoms with Crippen molar-refractivity contribution in [2.45, 2.75) is 0 Å². The molecule has 5 heteroatoms. The predicted octanol–water partition coefficient (Wildman–Crippen LogP) is 3.58. The molecule has 25 heavy (non-hydrogen) atoms. The summed E-state index contributed by atoms with van der Waals surface area (Å²) >= 11 is 0. The molecular weight excluding hydrogens is 317 g/mol. The summed E-state index contributed by atoms with van der Waals surface area (Å²) < 4.78 is 14.3. The van der Waals surface area contributed by atoms with Gasteiger partial charge in [0, 0.05) is 18.0 Å². The Hall–Kier alpha value is -3.47. The molecule has 0 aliphatic carbocycles. The van der Waals surface area contributed by atoms with Gasteiger partial charge in [0.1, 0.15) is 5.82 Å². The Bertz CT molecular complexity index is 1130. The Morgan fingerprint density at radius 2 is 1.64 bits per heavy atom. The minimum absolute atomic E-state index is 0.296. The first-order valence-electron chi connectivity index (χ1n) is 7.76. The van der Waals surface area contributed by atoms with E-state index in [1.807, 2.05) is 24.3 Å². The first-order chi connectivity index (χ1) is 12.1. The number of benzene rings is 2. The van der Waals surface area contributed by atoms with Crippen molar-refractivity contribution < 1.29 is 4.39 Å². The van der Waals surface area contributed by atoms with Crippen LogP contribution in [0, 0.1) is 5.82 Å². The summed E-state index contributed by atoms with van der Waals surface area (Å²) in [7, 11) is 0. The Balaban J connectivity index is 2.04. The largest absolute Gasteiger partial charge is 0.336 e. The fourth-order valence-corrected chi connectivity index (χ4v) is 2.97. The molecule has 4 aromatic rings. The molecule has 0 unspecified atom stereocenters. The average Bonchev–Trinajstić information content (AvgIpc) is 2.65. The van der Waals surface area contributed by atoms with Gasteiger partial charge in [-0.05, 0) is 40.8 Å². The van der Waals surface area contributed by atoms with Gasteiger partial charge in [-0.1, -0.05) is 36.4 Å². The number of nitrogens with two attached hydrogens (primary N) is 1. The highest BCUT2D eigenvalue weighted by Crippen LogP contribution is 2.33. The summed E-state index contributed by atoms with van der Waals surface area (Å²) in [5, 5.41) is 1.23. The van der Waals surface area contributed by atoms with E-state index < -0.39 is 0 Å². The number of halogens is 1. The molecule has 0 radical (unpaired) electrons. The zero-order chi connectivity index (χ0) is 17.4. The van der Waals surface area contributed by atoms with Crippen LogP contribution >= 0.6 is 0 Å². The van der Waals surface area contributed by atoms with Gasteiger partial charge < -0.3 is 5.84 Å². The molecule has 0 atom stereocenters. The van der Waals surface area contributed by atoms with Crippen molar-refractivity contribution in [3.63, 3.8) is 0 Å². The molecule has 2 heterocycles. The minimum atomic E-state index is -0.311. The fraction of sp³-hybridized carbons (Fsp3) is 0. The van der Waals surface area contributed by atoms with Crippen molar-refractivity contribution in [2.75, 3.05) is 5.84 Å². The van der Waals surface area contributed by atoms with Crippen LogP contribution in [-0.4, -0.2) is 9.66 Å². The summed E-state index contributed by atoms with van der Waals surface area (Å²) in [5.74, 6) is 5.44. The minimum Gasteiger partial charge on any atom is -0.336 e. The van der Waals surface area contributed by atoms with E-state index in [1.54, 1.807) is 30.5 Å². The molecule has 0 saturated carbocycles. The van der Waals surface area contributed by atoms with Crippen molar-refractivity contribution in [1.82, 2.24) is 9.66 Å². The monoisotopic (exact) mass is 331 g/mol. The second kappa shape index (κ2) is 5.87. The van der Waals surface area contributed by atoms with Gasteiger partial charge in [-0.3, -0.25) is 9.78 Å². The van der Waals surface area contributed by atoms with E-state index in [-0.39, 0.29) is 11.4 Å². The predicted molar refractivity (Wildman–Crippen MR) is 97.0 cm³/mol. The second-order valence-corrected chi connectivity index (χ2v) is 5.70. The zero-order valence-corrected chi connectivity index (χ0v) is 13.2. The lowest BCUT2D eigenvalue weighted by Crippen LogP contribution is -2.26. The van der Waals surface area contributed by atoms with Crippen molar-refractivity contribution in [2.24, 2.45) is 0 Å².